The van der Waals surface area contributed by atoms with Gasteiger partial charge in [-0.15, -0.1) is 21.5 Å². The Kier molecular flexibility index (Phi) is 6.14. The van der Waals surface area contributed by atoms with Gasteiger partial charge in [0.1, 0.15) is 10.7 Å². The Morgan fingerprint density at radius 2 is 1.82 bits per heavy atom. The number of carbonyl (C=O) groups excluding carboxylic acids is 1. The molecule has 0 bridgehead atoms. The lowest BCUT2D eigenvalue weighted by molar-refractivity contribution is -0.128. The van der Waals surface area contributed by atoms with Crippen LogP contribution in [0.3, 0.4) is 0 Å². The number of rotatable bonds is 5. The zero-order chi connectivity index (χ0) is 19.3. The van der Waals surface area contributed by atoms with Crippen LogP contribution >= 0.6 is 34.7 Å². The molecule has 1 aliphatic heterocycles. The molecule has 0 unspecified atom stereocenters. The van der Waals surface area contributed by atoms with Gasteiger partial charge >= 0.3 is 0 Å². The third-order valence-electron chi connectivity index (χ3n) is 4.58. The van der Waals surface area contributed by atoms with Crippen LogP contribution in [0, 0.1) is 0 Å². The van der Waals surface area contributed by atoms with Gasteiger partial charge in [0.05, 0.1) is 10.6 Å². The fourth-order valence-corrected chi connectivity index (χ4v) is 4.58. The summed E-state index contributed by atoms with van der Waals surface area (Å²) in [6.07, 6.45) is 0. The smallest absolute Gasteiger partial charge is 0.233 e. The third-order valence-corrected chi connectivity index (χ3v) is 6.63. The number of anilines is 1. The van der Waals surface area contributed by atoms with E-state index in [1.54, 1.807) is 11.3 Å². The fourth-order valence-electron chi connectivity index (χ4n) is 3.05. The predicted octanol–water partition coefficient (Wildman–Crippen LogP) is 4.30. The van der Waals surface area contributed by atoms with E-state index in [1.165, 1.54) is 11.8 Å². The van der Waals surface area contributed by atoms with Crippen LogP contribution in [0.5, 0.6) is 0 Å². The number of nitrogens with zero attached hydrogens (tertiary/aromatic N) is 4. The first-order valence-corrected chi connectivity index (χ1v) is 11.2. The van der Waals surface area contributed by atoms with Crippen molar-refractivity contribution in [2.45, 2.75) is 5.03 Å². The second-order valence-corrected chi connectivity index (χ2v) is 8.75. The van der Waals surface area contributed by atoms with Crippen molar-refractivity contribution in [2.75, 3.05) is 36.8 Å². The highest BCUT2D eigenvalue weighted by molar-refractivity contribution is 7.99. The Morgan fingerprint density at radius 3 is 2.46 bits per heavy atom. The minimum absolute atomic E-state index is 0.143. The monoisotopic (exact) mass is 430 g/mol. The molecule has 0 saturated carbocycles. The lowest BCUT2D eigenvalue weighted by Crippen LogP contribution is -2.49. The summed E-state index contributed by atoms with van der Waals surface area (Å²) in [5, 5.41) is 12.0. The van der Waals surface area contributed by atoms with Crippen LogP contribution in [0.1, 0.15) is 0 Å². The lowest BCUT2D eigenvalue weighted by Gasteiger charge is -2.36. The number of benzene rings is 1. The maximum atomic E-state index is 12.5. The highest BCUT2D eigenvalue weighted by Crippen LogP contribution is 2.24. The van der Waals surface area contributed by atoms with Gasteiger partial charge in [-0.1, -0.05) is 29.4 Å². The van der Waals surface area contributed by atoms with Crippen LogP contribution in [0.15, 0.2) is 58.9 Å². The Balaban J connectivity index is 1.26. The summed E-state index contributed by atoms with van der Waals surface area (Å²) < 4.78 is 0. The molecule has 5 nitrogen and oxygen atoms in total. The van der Waals surface area contributed by atoms with Crippen molar-refractivity contribution in [3.8, 4) is 10.6 Å². The number of thioether (sulfide) groups is 1. The highest BCUT2D eigenvalue weighted by Gasteiger charge is 2.21. The Bertz CT molecular complexity index is 908. The van der Waals surface area contributed by atoms with Gasteiger partial charge in [0.15, 0.2) is 0 Å². The van der Waals surface area contributed by atoms with E-state index in [0.717, 1.165) is 52.5 Å². The highest BCUT2D eigenvalue weighted by atomic mass is 35.5. The summed E-state index contributed by atoms with van der Waals surface area (Å²) in [5.41, 5.74) is 2.01. The first-order chi connectivity index (χ1) is 13.7. The predicted molar refractivity (Wildman–Crippen MR) is 116 cm³/mol. The van der Waals surface area contributed by atoms with Crippen molar-refractivity contribution < 1.29 is 4.79 Å². The van der Waals surface area contributed by atoms with E-state index in [9.17, 15) is 4.79 Å². The Labute approximate surface area is 177 Å². The van der Waals surface area contributed by atoms with Crippen LogP contribution in [-0.2, 0) is 4.79 Å². The molecule has 1 aliphatic rings. The van der Waals surface area contributed by atoms with E-state index in [2.05, 4.69) is 15.1 Å². The van der Waals surface area contributed by atoms with Gasteiger partial charge in [-0.3, -0.25) is 4.79 Å². The number of hydrogen-bond donors (Lipinski definition) is 0. The number of thiophene rings is 1. The van der Waals surface area contributed by atoms with Crippen molar-refractivity contribution in [3.63, 3.8) is 0 Å². The first kappa shape index (κ1) is 19.2. The van der Waals surface area contributed by atoms with E-state index in [-0.39, 0.29) is 5.91 Å². The van der Waals surface area contributed by atoms with Crippen molar-refractivity contribution in [3.05, 3.63) is 58.9 Å². The molecule has 3 aromatic rings. The van der Waals surface area contributed by atoms with Crippen LogP contribution in [0.25, 0.3) is 10.6 Å². The molecule has 1 fully saturated rings. The third kappa shape index (κ3) is 4.66. The molecule has 28 heavy (non-hydrogen) atoms. The second-order valence-electron chi connectivity index (χ2n) is 6.37. The molecule has 2 aromatic heterocycles. The van der Waals surface area contributed by atoms with Crippen molar-refractivity contribution >= 4 is 46.3 Å². The van der Waals surface area contributed by atoms with E-state index in [4.69, 9.17) is 11.6 Å². The molecular formula is C20H19ClN4OS2. The number of carbonyl (C=O) groups is 1. The second kappa shape index (κ2) is 8.94. The summed E-state index contributed by atoms with van der Waals surface area (Å²) in [7, 11) is 0. The Morgan fingerprint density at radius 1 is 1.04 bits per heavy atom. The SMILES string of the molecule is O=C(CSc1ccc(-c2cccs2)nn1)N1CCN(c2ccc(Cl)cc2)CC1. The zero-order valence-electron chi connectivity index (χ0n) is 15.1. The molecule has 3 heterocycles. The molecule has 0 aliphatic carbocycles. The van der Waals surface area contributed by atoms with Crippen molar-refractivity contribution in [1.29, 1.82) is 0 Å². The van der Waals surface area contributed by atoms with E-state index < -0.39 is 0 Å². The molecular weight excluding hydrogens is 412 g/mol. The molecule has 8 heteroatoms. The standard InChI is InChI=1S/C20H19ClN4OS2/c21-15-3-5-16(6-4-15)24-9-11-25(12-10-24)20(26)14-28-19-8-7-17(22-23-19)18-2-1-13-27-18/h1-8,13H,9-12,14H2. The van der Waals surface area contributed by atoms with Crippen LogP contribution < -0.4 is 4.90 Å². The van der Waals surface area contributed by atoms with E-state index >= 15 is 0 Å². The average Bonchev–Trinajstić information content (AvgIpc) is 3.28. The molecule has 0 N–H and O–H groups in total. The molecule has 144 valence electrons. The first-order valence-electron chi connectivity index (χ1n) is 8.98. The summed E-state index contributed by atoms with van der Waals surface area (Å²) >= 11 is 9.03. The number of halogens is 1. The van der Waals surface area contributed by atoms with Gasteiger partial charge in [0.25, 0.3) is 0 Å². The number of hydrogen-bond acceptors (Lipinski definition) is 6. The minimum Gasteiger partial charge on any atom is -0.368 e. The average molecular weight is 431 g/mol. The largest absolute Gasteiger partial charge is 0.368 e. The van der Waals surface area contributed by atoms with Gasteiger partial charge in [0.2, 0.25) is 5.91 Å². The molecule has 1 amide bonds. The minimum atomic E-state index is 0.143. The quantitative estimate of drug-likeness (QED) is 0.565. The topological polar surface area (TPSA) is 49.3 Å². The number of aromatic nitrogens is 2. The number of amides is 1. The van der Waals surface area contributed by atoms with Crippen LogP contribution in [0.2, 0.25) is 5.02 Å². The summed E-state index contributed by atoms with van der Waals surface area (Å²) in [5.74, 6) is 0.526. The summed E-state index contributed by atoms with van der Waals surface area (Å²) in [4.78, 5) is 17.8. The van der Waals surface area contributed by atoms with Crippen LogP contribution in [-0.4, -0.2) is 52.9 Å². The molecule has 1 saturated heterocycles. The molecule has 0 radical (unpaired) electrons. The van der Waals surface area contributed by atoms with Crippen LogP contribution in [0.4, 0.5) is 5.69 Å². The van der Waals surface area contributed by atoms with Gasteiger partial charge in [-0.25, -0.2) is 0 Å². The van der Waals surface area contributed by atoms with Crippen molar-refractivity contribution in [1.82, 2.24) is 15.1 Å². The maximum absolute atomic E-state index is 12.5. The van der Waals surface area contributed by atoms with E-state index in [0.29, 0.717) is 5.75 Å². The molecule has 0 spiro atoms. The lowest BCUT2D eigenvalue weighted by atomic mass is 10.2. The molecule has 1 aromatic carbocycles. The molecule has 4 rings (SSSR count). The Hall–Kier alpha value is -2.09. The number of piperazine rings is 1. The van der Waals surface area contributed by atoms with Gasteiger partial charge in [0, 0.05) is 36.9 Å². The maximum Gasteiger partial charge on any atom is 0.233 e. The normalized spacial score (nSPS) is 14.3. The van der Waals surface area contributed by atoms with E-state index in [1.807, 2.05) is 58.8 Å². The van der Waals surface area contributed by atoms with Gasteiger partial charge in [-0.2, -0.15) is 0 Å². The summed E-state index contributed by atoms with van der Waals surface area (Å²) in [6.45, 7) is 3.11. The summed E-state index contributed by atoms with van der Waals surface area (Å²) in [6, 6.07) is 15.7. The molecule has 0 atom stereocenters. The fraction of sp³-hybridized carbons (Fsp3) is 0.250. The van der Waals surface area contributed by atoms with Gasteiger partial charge < -0.3 is 9.80 Å². The zero-order valence-corrected chi connectivity index (χ0v) is 17.5. The van der Waals surface area contributed by atoms with Gasteiger partial charge in [-0.05, 0) is 47.8 Å². The van der Waals surface area contributed by atoms with Crippen molar-refractivity contribution in [2.24, 2.45) is 0 Å².